The molecule has 0 bridgehead atoms. The van der Waals surface area contributed by atoms with Crippen LogP contribution in [-0.4, -0.2) is 77.7 Å². The lowest BCUT2D eigenvalue weighted by Crippen LogP contribution is -2.39. The molecule has 2 N–H and O–H groups in total. The molecule has 0 saturated carbocycles. The van der Waals surface area contributed by atoms with Gasteiger partial charge < -0.3 is 15.0 Å². The van der Waals surface area contributed by atoms with Crippen molar-refractivity contribution in [3.8, 4) is 0 Å². The molecule has 3 heterocycles. The number of morpholine rings is 1. The van der Waals surface area contributed by atoms with Crippen molar-refractivity contribution >= 4 is 28.8 Å². The van der Waals surface area contributed by atoms with Crippen LogP contribution in [0, 0.1) is 12.7 Å². The number of benzene rings is 1. The zero-order valence-corrected chi connectivity index (χ0v) is 20.5. The first-order valence-corrected chi connectivity index (χ1v) is 12.7. The highest BCUT2D eigenvalue weighted by Crippen LogP contribution is 2.22. The van der Waals surface area contributed by atoms with Crippen LogP contribution in [0.15, 0.2) is 23.8 Å². The fourth-order valence-corrected chi connectivity index (χ4v) is 4.73. The van der Waals surface area contributed by atoms with Crippen molar-refractivity contribution in [1.82, 2.24) is 24.5 Å². The highest BCUT2D eigenvalue weighted by molar-refractivity contribution is 7.09. The summed E-state index contributed by atoms with van der Waals surface area (Å²) in [6.07, 6.45) is 4.46. The summed E-state index contributed by atoms with van der Waals surface area (Å²) in [6.45, 7) is 9.31. The largest absolute Gasteiger partial charge is 0.379 e. The number of carbonyl (C=O) groups is 1. The van der Waals surface area contributed by atoms with Crippen LogP contribution in [0.25, 0.3) is 6.08 Å². The van der Waals surface area contributed by atoms with Gasteiger partial charge in [0.25, 0.3) is 0 Å². The van der Waals surface area contributed by atoms with Gasteiger partial charge in [0.15, 0.2) is 0 Å². The molecule has 2 aliphatic rings. The van der Waals surface area contributed by atoms with E-state index < -0.39 is 0 Å². The minimum Gasteiger partial charge on any atom is -0.379 e. The van der Waals surface area contributed by atoms with Crippen molar-refractivity contribution in [2.45, 2.75) is 40.2 Å². The summed E-state index contributed by atoms with van der Waals surface area (Å²) in [5.74, 6) is 0.448. The molecule has 0 aliphatic carbocycles. The number of urea groups is 1. The molecular formula is C25H37FN6O2S. The number of piperidine rings is 1. The van der Waals surface area contributed by atoms with Crippen molar-refractivity contribution in [3.05, 3.63) is 46.5 Å². The number of nitrogens with one attached hydrogen (secondary N) is 2. The highest BCUT2D eigenvalue weighted by Gasteiger charge is 2.20. The van der Waals surface area contributed by atoms with Crippen molar-refractivity contribution in [1.29, 1.82) is 0 Å². The Morgan fingerprint density at radius 1 is 1.23 bits per heavy atom. The fraction of sp³-hybridized carbons (Fsp3) is 0.560. The Labute approximate surface area is 211 Å². The van der Waals surface area contributed by atoms with Crippen LogP contribution in [0.1, 0.15) is 43.6 Å². The second-order valence-electron chi connectivity index (χ2n) is 8.71. The van der Waals surface area contributed by atoms with E-state index in [1.807, 2.05) is 18.2 Å². The predicted molar refractivity (Wildman–Crippen MR) is 139 cm³/mol. The second-order valence-corrected chi connectivity index (χ2v) is 9.46. The summed E-state index contributed by atoms with van der Waals surface area (Å²) in [5.41, 5.74) is 2.71. The van der Waals surface area contributed by atoms with Gasteiger partial charge in [-0.25, -0.2) is 14.2 Å². The second kappa shape index (κ2) is 13.6. The Morgan fingerprint density at radius 2 is 2.00 bits per heavy atom. The molecule has 0 radical (unpaired) electrons. The number of hydrogen-bond donors (Lipinski definition) is 2. The van der Waals surface area contributed by atoms with Gasteiger partial charge in [0.05, 0.1) is 13.2 Å². The topological polar surface area (TPSA) is 82.6 Å². The molecule has 1 aromatic carbocycles. The van der Waals surface area contributed by atoms with E-state index in [0.29, 0.717) is 36.2 Å². The van der Waals surface area contributed by atoms with E-state index >= 15 is 0 Å². The molecule has 2 aliphatic heterocycles. The Hall–Kier alpha value is -2.40. The smallest absolute Gasteiger partial charge is 0.323 e. The van der Waals surface area contributed by atoms with Crippen LogP contribution in [-0.2, 0) is 11.3 Å². The van der Waals surface area contributed by atoms with E-state index in [1.165, 1.54) is 11.5 Å². The monoisotopic (exact) mass is 504 g/mol. The zero-order valence-electron chi connectivity index (χ0n) is 19.7. The van der Waals surface area contributed by atoms with Crippen molar-refractivity contribution in [2.24, 2.45) is 0 Å². The third-order valence-electron chi connectivity index (χ3n) is 6.12. The van der Waals surface area contributed by atoms with Gasteiger partial charge in [-0.2, -0.15) is 4.37 Å². The molecular weight excluding hydrogens is 467 g/mol. The molecule has 0 atom stereocenters. The molecule has 2 aromatic rings. The number of amides is 2. The van der Waals surface area contributed by atoms with Gasteiger partial charge in [0, 0.05) is 49.8 Å². The summed E-state index contributed by atoms with van der Waals surface area (Å²) < 4.78 is 24.1. The Bertz CT molecular complexity index is 982. The first kappa shape index (κ1) is 27.2. The third-order valence-corrected chi connectivity index (χ3v) is 6.84. The number of halogens is 1. The van der Waals surface area contributed by atoms with Gasteiger partial charge in [-0.1, -0.05) is 31.2 Å². The van der Waals surface area contributed by atoms with E-state index in [0.717, 1.165) is 69.8 Å². The maximum atomic E-state index is 14.7. The minimum absolute atomic E-state index is 0. The lowest BCUT2D eigenvalue weighted by Gasteiger charge is -2.28. The lowest BCUT2D eigenvalue weighted by atomic mass is 10.00. The summed E-state index contributed by atoms with van der Waals surface area (Å²) in [6, 6.07) is 5.29. The first-order chi connectivity index (χ1) is 16.6. The van der Waals surface area contributed by atoms with Crippen LogP contribution in [0.4, 0.5) is 14.3 Å². The van der Waals surface area contributed by atoms with Gasteiger partial charge in [0.2, 0.25) is 5.13 Å². The number of aryl methyl sites for hydroxylation is 1. The molecule has 0 spiro atoms. The van der Waals surface area contributed by atoms with E-state index in [1.54, 1.807) is 17.9 Å². The average Bonchev–Trinajstić information content (AvgIpc) is 3.26. The number of anilines is 1. The number of aromatic nitrogens is 2. The van der Waals surface area contributed by atoms with E-state index in [9.17, 15) is 9.18 Å². The fourth-order valence-electron chi connectivity index (χ4n) is 4.16. The number of likely N-dealkylation sites (tertiary alicyclic amines) is 1. The molecule has 0 unspecified atom stereocenters. The molecule has 2 fully saturated rings. The van der Waals surface area contributed by atoms with Gasteiger partial charge in [-0.15, -0.1) is 0 Å². The van der Waals surface area contributed by atoms with Crippen molar-refractivity contribution in [2.75, 3.05) is 57.8 Å². The van der Waals surface area contributed by atoms with Gasteiger partial charge >= 0.3 is 6.03 Å². The number of ether oxygens (including phenoxy) is 1. The van der Waals surface area contributed by atoms with Gasteiger partial charge in [-0.3, -0.25) is 10.2 Å². The van der Waals surface area contributed by atoms with Crippen LogP contribution < -0.4 is 10.6 Å². The SMILES string of the molecule is C.Cc1nsc(NC(=O)N2CCC(=Cc3ccc(CNCCCN4CCOCC4)cc3F)CC2)n1. The minimum atomic E-state index is -0.202. The average molecular weight is 505 g/mol. The molecule has 4 rings (SSSR count). The number of nitrogens with zero attached hydrogens (tertiary/aromatic N) is 4. The maximum Gasteiger partial charge on any atom is 0.323 e. The van der Waals surface area contributed by atoms with Crippen LogP contribution in [0.2, 0.25) is 0 Å². The standard InChI is InChI=1S/C24H33FN6O2S.CH4/c1-18-27-23(34-29-18)28-24(32)31-9-5-19(6-10-31)15-21-4-3-20(16-22(21)25)17-26-7-2-8-30-11-13-33-14-12-30;/h3-4,15-16,26H,2,5-14,17H2,1H3,(H,27,28,29,32);1H4. The summed E-state index contributed by atoms with van der Waals surface area (Å²) in [4.78, 5) is 20.7. The van der Waals surface area contributed by atoms with E-state index in [2.05, 4.69) is 24.9 Å². The maximum absolute atomic E-state index is 14.7. The summed E-state index contributed by atoms with van der Waals surface area (Å²) in [5, 5.41) is 6.72. The molecule has 192 valence electrons. The zero-order chi connectivity index (χ0) is 23.8. The van der Waals surface area contributed by atoms with Crippen molar-refractivity contribution < 1.29 is 13.9 Å². The van der Waals surface area contributed by atoms with Crippen LogP contribution in [0.3, 0.4) is 0 Å². The lowest BCUT2D eigenvalue weighted by molar-refractivity contribution is 0.0374. The number of carbonyl (C=O) groups excluding carboxylic acids is 1. The third kappa shape index (κ3) is 8.34. The quantitative estimate of drug-likeness (QED) is 0.526. The molecule has 1 aromatic heterocycles. The van der Waals surface area contributed by atoms with Gasteiger partial charge in [0.1, 0.15) is 11.6 Å². The molecule has 8 nitrogen and oxygen atoms in total. The molecule has 2 amide bonds. The first-order valence-electron chi connectivity index (χ1n) is 11.9. The van der Waals surface area contributed by atoms with E-state index in [4.69, 9.17) is 4.74 Å². The molecule has 35 heavy (non-hydrogen) atoms. The number of hydrogen-bond acceptors (Lipinski definition) is 7. The Morgan fingerprint density at radius 3 is 2.69 bits per heavy atom. The van der Waals surface area contributed by atoms with Crippen molar-refractivity contribution in [3.63, 3.8) is 0 Å². The predicted octanol–water partition coefficient (Wildman–Crippen LogP) is 4.14. The van der Waals surface area contributed by atoms with Gasteiger partial charge in [-0.05, 0) is 50.9 Å². The molecule has 10 heteroatoms. The summed E-state index contributed by atoms with van der Waals surface area (Å²) in [7, 11) is 0. The molecule has 2 saturated heterocycles. The Balaban J connectivity index is 0.00000342. The summed E-state index contributed by atoms with van der Waals surface area (Å²) >= 11 is 1.18. The highest BCUT2D eigenvalue weighted by atomic mass is 32.1. The van der Waals surface area contributed by atoms with E-state index in [-0.39, 0.29) is 19.3 Å². The Kier molecular flexibility index (Phi) is 10.6. The van der Waals surface area contributed by atoms with Crippen LogP contribution in [0.5, 0.6) is 0 Å². The number of rotatable bonds is 8. The normalized spacial score (nSPS) is 16.6. The van der Waals surface area contributed by atoms with Crippen LogP contribution >= 0.6 is 11.5 Å².